The Labute approximate surface area is 143 Å². The van der Waals surface area contributed by atoms with Gasteiger partial charge in [0.1, 0.15) is 0 Å². The summed E-state index contributed by atoms with van der Waals surface area (Å²) in [5.74, 6) is 0.943. The van der Waals surface area contributed by atoms with Gasteiger partial charge in [-0.2, -0.15) is 0 Å². The van der Waals surface area contributed by atoms with E-state index < -0.39 is 0 Å². The highest BCUT2D eigenvalue weighted by Crippen LogP contribution is 2.23. The molecule has 0 saturated carbocycles. The van der Waals surface area contributed by atoms with E-state index in [2.05, 4.69) is 15.2 Å². The van der Waals surface area contributed by atoms with Gasteiger partial charge in [-0.25, -0.2) is 4.98 Å². The van der Waals surface area contributed by atoms with Crippen molar-refractivity contribution in [3.05, 3.63) is 28.4 Å². The van der Waals surface area contributed by atoms with Crippen LogP contribution in [0, 0.1) is 5.92 Å². The van der Waals surface area contributed by atoms with E-state index in [0.29, 0.717) is 5.92 Å². The molecule has 0 radical (unpaired) electrons. The molecule has 3 heterocycles. The van der Waals surface area contributed by atoms with Crippen LogP contribution in [0.5, 0.6) is 0 Å². The van der Waals surface area contributed by atoms with Crippen molar-refractivity contribution in [2.75, 3.05) is 19.6 Å². The first kappa shape index (κ1) is 17.1. The first-order valence-corrected chi connectivity index (χ1v) is 9.12. The molecular formula is C18H28N4O2. The number of aromatic nitrogens is 2. The van der Waals surface area contributed by atoms with Crippen molar-refractivity contribution in [2.45, 2.75) is 58.0 Å². The Hall–Kier alpha value is -1.69. The molecule has 0 aromatic carbocycles. The van der Waals surface area contributed by atoms with Crippen LogP contribution in [0.15, 0.2) is 17.2 Å². The molecule has 1 amide bonds. The predicted octanol–water partition coefficient (Wildman–Crippen LogP) is 1.36. The third kappa shape index (κ3) is 3.86. The zero-order chi connectivity index (χ0) is 17.1. The maximum absolute atomic E-state index is 12.2. The van der Waals surface area contributed by atoms with Crippen molar-refractivity contribution in [1.82, 2.24) is 19.8 Å². The SMILES string of the molecule is CC(C)c1cc(=O)n(CC2CCN(C3CCCNC3=O)CC2)cn1. The van der Waals surface area contributed by atoms with Gasteiger partial charge in [0, 0.05) is 19.2 Å². The Morgan fingerprint density at radius 2 is 2.00 bits per heavy atom. The standard InChI is InChI=1S/C18H28N4O2/c1-13(2)15-10-17(23)22(12-20-15)11-14-5-8-21(9-6-14)16-4-3-7-19-18(16)24/h10,12-14,16H,3-9,11H2,1-2H3,(H,19,24). The van der Waals surface area contributed by atoms with Crippen molar-refractivity contribution in [2.24, 2.45) is 5.92 Å². The van der Waals surface area contributed by atoms with E-state index in [0.717, 1.165) is 57.6 Å². The number of hydrogen-bond acceptors (Lipinski definition) is 4. The molecule has 132 valence electrons. The van der Waals surface area contributed by atoms with Gasteiger partial charge in [0.15, 0.2) is 0 Å². The number of amides is 1. The Morgan fingerprint density at radius 1 is 1.25 bits per heavy atom. The van der Waals surface area contributed by atoms with E-state index in [4.69, 9.17) is 0 Å². The average molecular weight is 332 g/mol. The average Bonchev–Trinajstić information content (AvgIpc) is 2.58. The highest BCUT2D eigenvalue weighted by Gasteiger charge is 2.31. The number of nitrogens with one attached hydrogen (secondary N) is 1. The second-order valence-electron chi connectivity index (χ2n) is 7.39. The number of rotatable bonds is 4. The lowest BCUT2D eigenvalue weighted by molar-refractivity contribution is -0.128. The summed E-state index contributed by atoms with van der Waals surface area (Å²) < 4.78 is 1.74. The van der Waals surface area contributed by atoms with Gasteiger partial charge in [-0.05, 0) is 50.6 Å². The zero-order valence-electron chi connectivity index (χ0n) is 14.7. The first-order chi connectivity index (χ1) is 11.5. The summed E-state index contributed by atoms with van der Waals surface area (Å²) in [6.45, 7) is 7.51. The van der Waals surface area contributed by atoms with Crippen molar-refractivity contribution in [3.8, 4) is 0 Å². The number of hydrogen-bond donors (Lipinski definition) is 1. The summed E-state index contributed by atoms with van der Waals surface area (Å²) in [7, 11) is 0. The molecule has 1 aromatic rings. The highest BCUT2D eigenvalue weighted by molar-refractivity contribution is 5.82. The zero-order valence-corrected chi connectivity index (χ0v) is 14.7. The van der Waals surface area contributed by atoms with E-state index in [1.807, 2.05) is 13.8 Å². The van der Waals surface area contributed by atoms with Crippen LogP contribution < -0.4 is 10.9 Å². The van der Waals surface area contributed by atoms with Crippen molar-refractivity contribution in [3.63, 3.8) is 0 Å². The maximum Gasteiger partial charge on any atom is 0.253 e. The molecule has 1 unspecified atom stereocenters. The molecule has 24 heavy (non-hydrogen) atoms. The minimum atomic E-state index is 0.0442. The summed E-state index contributed by atoms with van der Waals surface area (Å²) in [6, 6.07) is 1.71. The lowest BCUT2D eigenvalue weighted by atomic mass is 9.94. The number of carbonyl (C=O) groups is 1. The van der Waals surface area contributed by atoms with Gasteiger partial charge in [-0.1, -0.05) is 13.8 Å². The number of likely N-dealkylation sites (tertiary alicyclic amines) is 1. The molecule has 1 N–H and O–H groups in total. The molecule has 0 bridgehead atoms. The van der Waals surface area contributed by atoms with Crippen LogP contribution in [-0.4, -0.2) is 46.0 Å². The molecule has 2 saturated heterocycles. The molecule has 1 aromatic heterocycles. The van der Waals surface area contributed by atoms with Crippen LogP contribution in [-0.2, 0) is 11.3 Å². The summed E-state index contributed by atoms with van der Waals surface area (Å²) >= 11 is 0. The van der Waals surface area contributed by atoms with E-state index in [-0.39, 0.29) is 23.4 Å². The summed E-state index contributed by atoms with van der Waals surface area (Å²) in [5.41, 5.74) is 0.900. The molecular weight excluding hydrogens is 304 g/mol. The molecule has 6 heteroatoms. The molecule has 0 spiro atoms. The van der Waals surface area contributed by atoms with Gasteiger partial charge < -0.3 is 5.32 Å². The minimum Gasteiger partial charge on any atom is -0.355 e. The first-order valence-electron chi connectivity index (χ1n) is 9.12. The number of carbonyl (C=O) groups excluding carboxylic acids is 1. The van der Waals surface area contributed by atoms with E-state index >= 15 is 0 Å². The molecule has 2 aliphatic heterocycles. The monoisotopic (exact) mass is 332 g/mol. The fraction of sp³-hybridized carbons (Fsp3) is 0.722. The highest BCUT2D eigenvalue weighted by atomic mass is 16.2. The third-order valence-electron chi connectivity index (χ3n) is 5.29. The largest absolute Gasteiger partial charge is 0.355 e. The maximum atomic E-state index is 12.2. The van der Waals surface area contributed by atoms with E-state index in [1.54, 1.807) is 17.0 Å². The van der Waals surface area contributed by atoms with Crippen molar-refractivity contribution in [1.29, 1.82) is 0 Å². The van der Waals surface area contributed by atoms with Gasteiger partial charge in [0.2, 0.25) is 5.91 Å². The third-order valence-corrected chi connectivity index (χ3v) is 5.29. The van der Waals surface area contributed by atoms with Crippen LogP contribution in [0.1, 0.15) is 51.1 Å². The summed E-state index contributed by atoms with van der Waals surface area (Å²) in [6.07, 6.45) is 5.79. The van der Waals surface area contributed by atoms with Crippen molar-refractivity contribution < 1.29 is 4.79 Å². The molecule has 3 rings (SSSR count). The smallest absolute Gasteiger partial charge is 0.253 e. The lowest BCUT2D eigenvalue weighted by Gasteiger charge is -2.38. The molecule has 0 aliphatic carbocycles. The quantitative estimate of drug-likeness (QED) is 0.904. The molecule has 2 fully saturated rings. The summed E-state index contributed by atoms with van der Waals surface area (Å²) in [5, 5.41) is 2.97. The Kier molecular flexibility index (Phi) is 5.33. The predicted molar refractivity (Wildman–Crippen MR) is 92.9 cm³/mol. The lowest BCUT2D eigenvalue weighted by Crippen LogP contribution is -2.52. The van der Waals surface area contributed by atoms with E-state index in [1.165, 1.54) is 0 Å². The molecule has 1 atom stereocenters. The Morgan fingerprint density at radius 3 is 2.62 bits per heavy atom. The Balaban J connectivity index is 1.56. The fourth-order valence-corrected chi connectivity index (χ4v) is 3.72. The van der Waals surface area contributed by atoms with Gasteiger partial charge in [-0.3, -0.25) is 19.1 Å². The molecule has 6 nitrogen and oxygen atoms in total. The van der Waals surface area contributed by atoms with Gasteiger partial charge in [0.25, 0.3) is 5.56 Å². The normalized spacial score (nSPS) is 23.5. The van der Waals surface area contributed by atoms with Crippen LogP contribution in [0.4, 0.5) is 0 Å². The fourth-order valence-electron chi connectivity index (χ4n) is 3.72. The minimum absolute atomic E-state index is 0.0442. The van der Waals surface area contributed by atoms with Crippen LogP contribution >= 0.6 is 0 Å². The topological polar surface area (TPSA) is 67.2 Å². The van der Waals surface area contributed by atoms with Crippen LogP contribution in [0.25, 0.3) is 0 Å². The van der Waals surface area contributed by atoms with Gasteiger partial charge >= 0.3 is 0 Å². The second kappa shape index (κ2) is 7.47. The van der Waals surface area contributed by atoms with Crippen molar-refractivity contribution >= 4 is 5.91 Å². The van der Waals surface area contributed by atoms with Gasteiger partial charge in [-0.15, -0.1) is 0 Å². The number of nitrogens with zero attached hydrogens (tertiary/aromatic N) is 3. The van der Waals surface area contributed by atoms with Crippen LogP contribution in [0.3, 0.4) is 0 Å². The number of piperidine rings is 2. The van der Waals surface area contributed by atoms with Gasteiger partial charge in [0.05, 0.1) is 18.1 Å². The summed E-state index contributed by atoms with van der Waals surface area (Å²) in [4.78, 5) is 30.9. The van der Waals surface area contributed by atoms with Crippen LogP contribution in [0.2, 0.25) is 0 Å². The second-order valence-corrected chi connectivity index (χ2v) is 7.39. The Bertz CT molecular complexity index is 632. The molecule has 2 aliphatic rings. The van der Waals surface area contributed by atoms with E-state index in [9.17, 15) is 9.59 Å².